The number of fused-ring (bicyclic) bond motifs is 5. The van der Waals surface area contributed by atoms with Gasteiger partial charge < -0.3 is 34.9 Å². The molecule has 4 fully saturated rings. The number of ether oxygens (including phenoxy) is 3. The average Bonchev–Trinajstić information content (AvgIpc) is 4.04. The van der Waals surface area contributed by atoms with Crippen LogP contribution in [-0.2, 0) is 30.8 Å². The minimum Gasteiger partial charge on any atom is -0.859 e. The second-order valence-corrected chi connectivity index (χ2v) is 18.3. The van der Waals surface area contributed by atoms with Gasteiger partial charge in [-0.2, -0.15) is 44.9 Å². The largest absolute Gasteiger partial charge is 0.859 e. The van der Waals surface area contributed by atoms with Gasteiger partial charge in [0.2, 0.25) is 17.7 Å². The molecule has 1 aromatic carbocycles. The van der Waals surface area contributed by atoms with Crippen LogP contribution in [0.25, 0.3) is 11.0 Å². The van der Waals surface area contributed by atoms with E-state index in [1.807, 2.05) is 12.1 Å². The molecule has 0 radical (unpaired) electrons. The molecule has 1 aromatic heterocycles. The van der Waals surface area contributed by atoms with Gasteiger partial charge in [0.25, 0.3) is 10.0 Å². The lowest BCUT2D eigenvalue weighted by Gasteiger charge is -2.35. The molecule has 348 valence electrons. The fourth-order valence-electron chi connectivity index (χ4n) is 7.58. The van der Waals surface area contributed by atoms with Crippen LogP contribution in [0.4, 0.5) is 4.79 Å². The number of rotatable bonds is 7. The van der Waals surface area contributed by atoms with Crippen LogP contribution in [0.1, 0.15) is 114 Å². The van der Waals surface area contributed by atoms with E-state index < -0.39 is 74.1 Å². The molecule has 61 heavy (non-hydrogen) atoms. The van der Waals surface area contributed by atoms with E-state index in [1.54, 1.807) is 33.9 Å². The van der Waals surface area contributed by atoms with E-state index in [2.05, 4.69) is 21.6 Å². The van der Waals surface area contributed by atoms with Crippen LogP contribution < -0.4 is 25.2 Å². The number of alkyl carbamates (subject to hydrolysis) is 1. The summed E-state index contributed by atoms with van der Waals surface area (Å²) in [7, 11) is -2.46. The van der Waals surface area contributed by atoms with Gasteiger partial charge in [0.15, 0.2) is 0 Å². The summed E-state index contributed by atoms with van der Waals surface area (Å²) in [5.74, 6) is -1.59. The standard InChI is InChI=1S/C38H50N6O9S.4CH4.3H2S/c1-6-22-19-38(22,35(47)43-54(49,50)25-13-14-25)42-32(45)29-18-24-20-44(29)34(46)31(37(2,3)4)41-36(48)53-30-16-21(30)10-8-7-9-11-27-33(52-24)40-28-17-23(51-5)12-15-26(28)39-27;;;;;;;/h6,12,15,17,21-22,24-25,29-31H,1,7-11,13-14,16,18-20H2,2-5H3,(H,41,48)(H,42,45)(H,43,47);4*1H4;3*1H2/p-1/t21-,22-,24-,29+,30-,31-,38-;;;;;;;/m1......./s1. The van der Waals surface area contributed by atoms with Crippen molar-refractivity contribution in [1.29, 1.82) is 0 Å². The van der Waals surface area contributed by atoms with Gasteiger partial charge in [-0.15, -0.1) is 6.58 Å². The van der Waals surface area contributed by atoms with E-state index in [0.29, 0.717) is 41.7 Å². The third kappa shape index (κ3) is 12.6. The van der Waals surface area contributed by atoms with Crippen LogP contribution in [0.3, 0.4) is 0 Å². The zero-order chi connectivity index (χ0) is 38.6. The van der Waals surface area contributed by atoms with Crippen LogP contribution in [0.15, 0.2) is 35.3 Å². The predicted molar refractivity (Wildman–Crippen MR) is 254 cm³/mol. The fourth-order valence-corrected chi connectivity index (χ4v) is 8.85. The second kappa shape index (κ2) is 22.3. The summed E-state index contributed by atoms with van der Waals surface area (Å²) in [5, 5.41) is 18.3. The van der Waals surface area contributed by atoms with E-state index >= 15 is 0 Å². The molecular formula is C42H71N6O9S4-. The highest BCUT2D eigenvalue weighted by Crippen LogP contribution is 2.46. The van der Waals surface area contributed by atoms with Crippen molar-refractivity contribution >= 4 is 85.3 Å². The van der Waals surface area contributed by atoms with Crippen LogP contribution in [-0.4, -0.2) is 95.8 Å². The van der Waals surface area contributed by atoms with E-state index in [-0.39, 0.29) is 107 Å². The van der Waals surface area contributed by atoms with Crippen molar-refractivity contribution in [2.24, 2.45) is 21.6 Å². The molecule has 1 saturated heterocycles. The lowest BCUT2D eigenvalue weighted by Crippen LogP contribution is -2.60. The molecule has 7 rings (SSSR count). The Bertz CT molecular complexity index is 1990. The summed E-state index contributed by atoms with van der Waals surface area (Å²) in [6.07, 6.45) is 5.77. The molecule has 7 atom stereocenters. The lowest BCUT2D eigenvalue weighted by molar-refractivity contribution is -0.222. The molecule has 3 saturated carbocycles. The number of methoxy groups -OCH3 is 1. The van der Waals surface area contributed by atoms with Gasteiger partial charge in [-0.25, -0.2) is 23.2 Å². The zero-order valence-corrected chi connectivity index (χ0v) is 36.5. The van der Waals surface area contributed by atoms with E-state index in [9.17, 15) is 27.9 Å². The molecule has 3 aliphatic carbocycles. The summed E-state index contributed by atoms with van der Waals surface area (Å²) < 4.78 is 46.6. The average molecular weight is 932 g/mol. The highest BCUT2D eigenvalue weighted by molar-refractivity contribution is 7.91. The first-order chi connectivity index (χ1) is 25.6. The monoisotopic (exact) mass is 931 g/mol. The number of sulfonamides is 1. The zero-order valence-electron chi connectivity index (χ0n) is 32.7. The van der Waals surface area contributed by atoms with Crippen LogP contribution >= 0.6 is 40.5 Å². The number of hydrogen-bond acceptors (Lipinski definition) is 11. The molecule has 2 aromatic rings. The van der Waals surface area contributed by atoms with Gasteiger partial charge in [-0.3, -0.25) is 9.59 Å². The Kier molecular flexibility index (Phi) is 21.0. The van der Waals surface area contributed by atoms with Gasteiger partial charge in [0.05, 0.1) is 35.5 Å². The molecule has 15 nitrogen and oxygen atoms in total. The Morgan fingerprint density at radius 1 is 1.03 bits per heavy atom. The normalized spacial score (nSPS) is 27.2. The first-order valence-corrected chi connectivity index (χ1v) is 20.4. The van der Waals surface area contributed by atoms with Crippen molar-refractivity contribution in [2.75, 3.05) is 13.7 Å². The molecule has 19 heteroatoms. The second-order valence-electron chi connectivity index (χ2n) is 16.4. The third-order valence-corrected chi connectivity index (χ3v) is 12.9. The van der Waals surface area contributed by atoms with Crippen molar-refractivity contribution in [2.45, 2.75) is 150 Å². The molecule has 5 aliphatic rings. The van der Waals surface area contributed by atoms with Crippen LogP contribution in [0.2, 0.25) is 0 Å². The number of nitrogens with one attached hydrogen (secondary N) is 2. The molecule has 2 bridgehead atoms. The summed E-state index contributed by atoms with van der Waals surface area (Å²) in [6.45, 7) is 9.14. The van der Waals surface area contributed by atoms with E-state index in [4.69, 9.17) is 24.2 Å². The number of aryl methyl sites for hydroxylation is 1. The Morgan fingerprint density at radius 2 is 1.72 bits per heavy atom. The number of nitrogens with zero attached hydrogens (tertiary/aromatic N) is 4. The smallest absolute Gasteiger partial charge is 0.408 e. The molecule has 2 N–H and O–H groups in total. The summed E-state index contributed by atoms with van der Waals surface area (Å²) in [5.41, 5.74) is -0.522. The maximum absolute atomic E-state index is 14.6. The Hall–Kier alpha value is -3.42. The minimum atomic E-state index is -4.03. The van der Waals surface area contributed by atoms with Crippen molar-refractivity contribution in [3.8, 4) is 11.6 Å². The maximum Gasteiger partial charge on any atom is 0.408 e. The topological polar surface area (TPSA) is 202 Å². The van der Waals surface area contributed by atoms with E-state index in [0.717, 1.165) is 32.1 Å². The van der Waals surface area contributed by atoms with Crippen LogP contribution in [0, 0.1) is 17.3 Å². The van der Waals surface area contributed by atoms with Gasteiger partial charge in [0, 0.05) is 24.3 Å². The summed E-state index contributed by atoms with van der Waals surface area (Å²) in [4.78, 5) is 53.2. The SMILES string of the molecule is C.C.C.C.C=C[C@@H]1C[C@]1(NC(=O)[C@@H]1C[C@@H]2CN1C(=O)[C@H](C(C)(C)C)NC(=O)O[C@@H]1C[C@H]1CCCCCc1nc3ccc(OC)cc3nc1O2)C([O-])=NS(=O)(=O)C1CC1.S.S.S. The molecule has 0 spiro atoms. The predicted octanol–water partition coefficient (Wildman–Crippen LogP) is 5.83. The van der Waals surface area contributed by atoms with Gasteiger partial charge in [0.1, 0.15) is 35.7 Å². The first-order valence-electron chi connectivity index (χ1n) is 18.9. The number of carbonyl (C=O) groups excluding carboxylic acids is 3. The molecular weight excluding hydrogens is 861 g/mol. The number of aromatic nitrogens is 2. The van der Waals surface area contributed by atoms with Crippen molar-refractivity contribution in [3.63, 3.8) is 0 Å². The highest BCUT2D eigenvalue weighted by atomic mass is 32.2. The molecule has 3 heterocycles. The number of carbonyl (C=O) groups is 3. The number of amides is 3. The van der Waals surface area contributed by atoms with Gasteiger partial charge in [-0.05, 0) is 68.4 Å². The molecule has 2 aliphatic heterocycles. The van der Waals surface area contributed by atoms with Crippen LogP contribution in [0.5, 0.6) is 11.6 Å². The lowest BCUT2D eigenvalue weighted by atomic mass is 9.85. The number of hydrogen-bond donors (Lipinski definition) is 2. The highest BCUT2D eigenvalue weighted by Gasteiger charge is 2.57. The third-order valence-electron chi connectivity index (χ3n) is 11.2. The summed E-state index contributed by atoms with van der Waals surface area (Å²) in [6, 6.07) is 3.17. The molecule has 3 amide bonds. The first kappa shape index (κ1) is 57.6. The minimum absolute atomic E-state index is 0. The number of benzene rings is 1. The Balaban J connectivity index is 0.00000514. The van der Waals surface area contributed by atoms with Crippen molar-refractivity contribution in [1.82, 2.24) is 25.5 Å². The maximum atomic E-state index is 14.6. The summed E-state index contributed by atoms with van der Waals surface area (Å²) >= 11 is 0. The molecule has 0 unspecified atom stereocenters. The Labute approximate surface area is 384 Å². The van der Waals surface area contributed by atoms with E-state index in [1.165, 1.54) is 11.0 Å². The van der Waals surface area contributed by atoms with Gasteiger partial charge in [-0.1, -0.05) is 69.4 Å². The quantitative estimate of drug-likeness (QED) is 0.192. The van der Waals surface area contributed by atoms with Crippen molar-refractivity contribution in [3.05, 3.63) is 36.5 Å². The fraction of sp³-hybridized carbons (Fsp3) is 0.667. The van der Waals surface area contributed by atoms with Gasteiger partial charge >= 0.3 is 6.09 Å². The Morgan fingerprint density at radius 3 is 2.33 bits per heavy atom. The van der Waals surface area contributed by atoms with Crippen molar-refractivity contribution < 1.29 is 42.1 Å².